The largest absolute Gasteiger partial charge is 0.488 e. The van der Waals surface area contributed by atoms with Crippen molar-refractivity contribution in [2.45, 2.75) is 12.8 Å². The first-order valence-electron chi connectivity index (χ1n) is 6.04. The lowest BCUT2D eigenvalue weighted by molar-refractivity contribution is -0.140. The molecular formula is C15H9F5O2. The summed E-state index contributed by atoms with van der Waals surface area (Å²) in [7, 11) is 0. The van der Waals surface area contributed by atoms with E-state index < -0.39 is 23.4 Å². The number of benzene rings is 2. The number of rotatable bonds is 4. The van der Waals surface area contributed by atoms with Crippen molar-refractivity contribution < 1.29 is 31.5 Å². The molecule has 0 fully saturated rings. The normalized spacial score (nSPS) is 11.3. The van der Waals surface area contributed by atoms with E-state index >= 15 is 0 Å². The van der Waals surface area contributed by atoms with Gasteiger partial charge in [0.2, 0.25) is 0 Å². The van der Waals surface area contributed by atoms with E-state index in [0.717, 1.165) is 18.2 Å². The third kappa shape index (κ3) is 3.60. The first kappa shape index (κ1) is 15.9. The Morgan fingerprint density at radius 3 is 2.41 bits per heavy atom. The van der Waals surface area contributed by atoms with Crippen LogP contribution in [0.2, 0.25) is 0 Å². The predicted octanol–water partition coefficient (Wildman–Crippen LogP) is 4.38. The summed E-state index contributed by atoms with van der Waals surface area (Å²) in [6.45, 7) is -0.324. The summed E-state index contributed by atoms with van der Waals surface area (Å²) in [4.78, 5) is 10.8. The number of carbonyl (C=O) groups excluding carboxylic acids is 1. The Morgan fingerprint density at radius 2 is 1.77 bits per heavy atom. The monoisotopic (exact) mass is 316 g/mol. The Labute approximate surface area is 122 Å². The summed E-state index contributed by atoms with van der Waals surface area (Å²) >= 11 is 0. The minimum atomic E-state index is -4.82. The lowest BCUT2D eigenvalue weighted by Gasteiger charge is -2.12. The molecule has 0 N–H and O–H groups in total. The Kier molecular flexibility index (Phi) is 4.44. The quantitative estimate of drug-likeness (QED) is 0.618. The standard InChI is InChI=1S/C15H9F5O2/c16-11-2-4-14(10(6-11)7-21)22-8-9-1-3-13(17)12(5-9)15(18,19)20/h1-7H,8H2. The molecule has 2 aromatic carbocycles. The molecule has 2 nitrogen and oxygen atoms in total. The predicted molar refractivity (Wildman–Crippen MR) is 67.5 cm³/mol. The molecule has 0 amide bonds. The zero-order valence-corrected chi connectivity index (χ0v) is 11.0. The van der Waals surface area contributed by atoms with Gasteiger partial charge in [0.1, 0.15) is 24.0 Å². The summed E-state index contributed by atoms with van der Waals surface area (Å²) < 4.78 is 69.0. The fourth-order valence-electron chi connectivity index (χ4n) is 1.78. The molecule has 0 unspecified atom stereocenters. The molecule has 0 aliphatic heterocycles. The van der Waals surface area contributed by atoms with Crippen LogP contribution in [0, 0.1) is 11.6 Å². The maximum absolute atomic E-state index is 13.1. The van der Waals surface area contributed by atoms with Crippen LogP contribution in [0.15, 0.2) is 36.4 Å². The number of carbonyl (C=O) groups is 1. The third-order valence-corrected chi connectivity index (χ3v) is 2.83. The highest BCUT2D eigenvalue weighted by Crippen LogP contribution is 2.32. The lowest BCUT2D eigenvalue weighted by Crippen LogP contribution is -2.09. The van der Waals surface area contributed by atoms with E-state index in [1.807, 2.05) is 0 Å². The molecular weight excluding hydrogens is 307 g/mol. The van der Waals surface area contributed by atoms with Crippen LogP contribution in [0.25, 0.3) is 0 Å². The van der Waals surface area contributed by atoms with Crippen molar-refractivity contribution in [3.05, 3.63) is 64.7 Å². The summed E-state index contributed by atoms with van der Waals surface area (Å²) in [5.74, 6) is -2.00. The summed E-state index contributed by atoms with van der Waals surface area (Å²) in [5, 5.41) is 0. The van der Waals surface area contributed by atoms with E-state index in [9.17, 15) is 26.7 Å². The second kappa shape index (κ2) is 6.13. The fourth-order valence-corrected chi connectivity index (χ4v) is 1.78. The van der Waals surface area contributed by atoms with Gasteiger partial charge in [-0.1, -0.05) is 6.07 Å². The average molecular weight is 316 g/mol. The van der Waals surface area contributed by atoms with Crippen molar-refractivity contribution in [3.8, 4) is 5.75 Å². The molecule has 0 spiro atoms. The molecule has 0 saturated heterocycles. The molecule has 2 rings (SSSR count). The second-order valence-electron chi connectivity index (χ2n) is 4.40. The van der Waals surface area contributed by atoms with Crippen LogP contribution >= 0.6 is 0 Å². The van der Waals surface area contributed by atoms with E-state index in [4.69, 9.17) is 4.74 Å². The van der Waals surface area contributed by atoms with Gasteiger partial charge >= 0.3 is 6.18 Å². The number of halogens is 5. The second-order valence-corrected chi connectivity index (χ2v) is 4.40. The Hall–Kier alpha value is -2.44. The number of aldehydes is 1. The highest BCUT2D eigenvalue weighted by Gasteiger charge is 2.34. The summed E-state index contributed by atoms with van der Waals surface area (Å²) in [6.07, 6.45) is -4.45. The molecule has 0 bridgehead atoms. The molecule has 0 radical (unpaired) electrons. The van der Waals surface area contributed by atoms with E-state index in [1.54, 1.807) is 0 Å². The Bertz CT molecular complexity index is 695. The van der Waals surface area contributed by atoms with Gasteiger partial charge in [-0.25, -0.2) is 8.78 Å². The van der Waals surface area contributed by atoms with E-state index in [1.165, 1.54) is 6.07 Å². The molecule has 0 aliphatic carbocycles. The highest BCUT2D eigenvalue weighted by atomic mass is 19.4. The van der Waals surface area contributed by atoms with Gasteiger partial charge in [-0.15, -0.1) is 0 Å². The minimum absolute atomic E-state index is 0.0225. The van der Waals surface area contributed by atoms with Gasteiger partial charge in [-0.2, -0.15) is 13.2 Å². The van der Waals surface area contributed by atoms with Gasteiger partial charge in [0.05, 0.1) is 11.1 Å². The van der Waals surface area contributed by atoms with Crippen LogP contribution in [0.1, 0.15) is 21.5 Å². The van der Waals surface area contributed by atoms with Crippen molar-refractivity contribution in [1.29, 1.82) is 0 Å². The molecule has 0 atom stereocenters. The maximum atomic E-state index is 13.1. The van der Waals surface area contributed by atoms with E-state index in [2.05, 4.69) is 0 Å². The number of hydrogen-bond acceptors (Lipinski definition) is 2. The van der Waals surface area contributed by atoms with Crippen LogP contribution < -0.4 is 4.74 Å². The fraction of sp³-hybridized carbons (Fsp3) is 0.133. The third-order valence-electron chi connectivity index (χ3n) is 2.83. The molecule has 0 heterocycles. The van der Waals surface area contributed by atoms with Gasteiger partial charge in [-0.05, 0) is 35.9 Å². The number of hydrogen-bond donors (Lipinski definition) is 0. The van der Waals surface area contributed by atoms with Crippen molar-refractivity contribution in [3.63, 3.8) is 0 Å². The minimum Gasteiger partial charge on any atom is -0.488 e. The molecule has 2 aromatic rings. The highest BCUT2D eigenvalue weighted by molar-refractivity contribution is 5.79. The van der Waals surface area contributed by atoms with Crippen molar-refractivity contribution >= 4 is 6.29 Å². The zero-order chi connectivity index (χ0) is 16.3. The van der Waals surface area contributed by atoms with Gasteiger partial charge in [0, 0.05) is 0 Å². The topological polar surface area (TPSA) is 26.3 Å². The van der Waals surface area contributed by atoms with Crippen LogP contribution in [0.4, 0.5) is 22.0 Å². The van der Waals surface area contributed by atoms with Gasteiger partial charge in [0.25, 0.3) is 0 Å². The molecule has 0 aromatic heterocycles. The van der Waals surface area contributed by atoms with Crippen molar-refractivity contribution in [2.24, 2.45) is 0 Å². The first-order valence-corrected chi connectivity index (χ1v) is 6.04. The molecule has 22 heavy (non-hydrogen) atoms. The molecule has 0 aliphatic rings. The summed E-state index contributed by atoms with van der Waals surface area (Å²) in [5.41, 5.74) is -1.41. The zero-order valence-electron chi connectivity index (χ0n) is 11.0. The van der Waals surface area contributed by atoms with E-state index in [0.29, 0.717) is 18.4 Å². The van der Waals surface area contributed by atoms with Crippen LogP contribution in [-0.2, 0) is 12.8 Å². The summed E-state index contributed by atoms with van der Waals surface area (Å²) in [6, 6.07) is 5.62. The first-order chi connectivity index (χ1) is 10.3. The smallest absolute Gasteiger partial charge is 0.419 e. The maximum Gasteiger partial charge on any atom is 0.419 e. The number of ether oxygens (including phenoxy) is 1. The van der Waals surface area contributed by atoms with E-state index in [-0.39, 0.29) is 23.5 Å². The lowest BCUT2D eigenvalue weighted by atomic mass is 10.1. The van der Waals surface area contributed by atoms with Gasteiger partial charge in [0.15, 0.2) is 6.29 Å². The average Bonchev–Trinajstić information content (AvgIpc) is 2.46. The molecule has 7 heteroatoms. The Balaban J connectivity index is 2.21. The van der Waals surface area contributed by atoms with Crippen molar-refractivity contribution in [1.82, 2.24) is 0 Å². The van der Waals surface area contributed by atoms with Crippen LogP contribution in [-0.4, -0.2) is 6.29 Å². The number of alkyl halides is 3. The van der Waals surface area contributed by atoms with Gasteiger partial charge in [-0.3, -0.25) is 4.79 Å². The van der Waals surface area contributed by atoms with Gasteiger partial charge < -0.3 is 4.74 Å². The SMILES string of the molecule is O=Cc1cc(F)ccc1OCc1ccc(F)c(C(F)(F)F)c1. The van der Waals surface area contributed by atoms with Crippen LogP contribution in [0.5, 0.6) is 5.75 Å². The van der Waals surface area contributed by atoms with Crippen molar-refractivity contribution in [2.75, 3.05) is 0 Å². The van der Waals surface area contributed by atoms with Crippen LogP contribution in [0.3, 0.4) is 0 Å². The molecule has 0 saturated carbocycles. The molecule has 116 valence electrons. The Morgan fingerprint density at radius 1 is 1.05 bits per heavy atom.